The summed E-state index contributed by atoms with van der Waals surface area (Å²) in [5.41, 5.74) is 3.62. The maximum Gasteiger partial charge on any atom is 0.490 e. The molecular weight excluding hydrogens is 678 g/mol. The predicted molar refractivity (Wildman–Crippen MR) is 154 cm³/mol. The van der Waals surface area contributed by atoms with Gasteiger partial charge in [-0.1, -0.05) is 12.1 Å². The zero-order chi connectivity index (χ0) is 36.6. The van der Waals surface area contributed by atoms with Crippen LogP contribution in [-0.2, 0) is 28.0 Å². The Morgan fingerprint density at radius 3 is 2.04 bits per heavy atom. The number of aliphatic carboxylic acids is 2. The molecule has 264 valence electrons. The molecule has 1 amide bonds. The number of rotatable bonds is 4. The minimum absolute atomic E-state index is 0.0377. The third-order valence-electron chi connectivity index (χ3n) is 7.53. The summed E-state index contributed by atoms with van der Waals surface area (Å²) in [5, 5.41) is 22.3. The maximum atomic E-state index is 14.2. The van der Waals surface area contributed by atoms with Crippen molar-refractivity contribution in [1.29, 1.82) is 0 Å². The van der Waals surface area contributed by atoms with Crippen molar-refractivity contribution in [3.05, 3.63) is 53.7 Å². The number of benzene rings is 1. The molecule has 1 aromatic carbocycles. The standard InChI is InChI=1S/C25H25F2N7O.2C2HF3O2/c1-13-25(35)32(2)12-20-22(31-24(34(13)20)14-8-28-9-14)16-5-4-6-19-17(16)7-18(23(26)27)21(30-19)15-10-29-33(3)11-15;2*3-2(4,5)1(6)7/h4-7,10-11,13-14,23,28H,8-9,12H2,1-3H3;2*(H,6,7). The molecule has 49 heavy (non-hydrogen) atoms. The third kappa shape index (κ3) is 7.79. The van der Waals surface area contributed by atoms with E-state index in [1.54, 1.807) is 36.1 Å². The Bertz CT molecular complexity index is 1860. The number of nitrogens with zero attached hydrogens (tertiary/aromatic N) is 6. The van der Waals surface area contributed by atoms with Gasteiger partial charge in [-0.25, -0.2) is 28.3 Å². The van der Waals surface area contributed by atoms with Crippen molar-refractivity contribution in [2.75, 3.05) is 20.1 Å². The van der Waals surface area contributed by atoms with Gasteiger partial charge in [0.05, 0.1) is 35.3 Å². The second-order valence-corrected chi connectivity index (χ2v) is 11.0. The van der Waals surface area contributed by atoms with E-state index in [-0.39, 0.29) is 29.1 Å². The number of hydrogen-bond donors (Lipinski definition) is 3. The van der Waals surface area contributed by atoms with Crippen molar-refractivity contribution in [1.82, 2.24) is 34.5 Å². The highest BCUT2D eigenvalue weighted by Gasteiger charge is 2.39. The van der Waals surface area contributed by atoms with Crippen molar-refractivity contribution in [2.45, 2.75) is 44.2 Å². The number of aryl methyl sites for hydroxylation is 1. The van der Waals surface area contributed by atoms with E-state index >= 15 is 0 Å². The molecule has 3 N–H and O–H groups in total. The van der Waals surface area contributed by atoms with Gasteiger partial charge in [0.25, 0.3) is 6.43 Å². The highest BCUT2D eigenvalue weighted by atomic mass is 19.4. The van der Waals surface area contributed by atoms with Gasteiger partial charge in [0.15, 0.2) is 0 Å². The molecule has 1 fully saturated rings. The van der Waals surface area contributed by atoms with E-state index in [0.29, 0.717) is 23.0 Å². The summed E-state index contributed by atoms with van der Waals surface area (Å²) in [6.07, 6.45) is -9.64. The van der Waals surface area contributed by atoms with Gasteiger partial charge < -0.3 is 25.0 Å². The molecule has 2 aliphatic rings. The van der Waals surface area contributed by atoms with Gasteiger partial charge in [-0.05, 0) is 19.1 Å². The second kappa shape index (κ2) is 13.8. The lowest BCUT2D eigenvalue weighted by Gasteiger charge is -2.34. The van der Waals surface area contributed by atoms with Crippen molar-refractivity contribution in [2.24, 2.45) is 7.05 Å². The predicted octanol–water partition coefficient (Wildman–Crippen LogP) is 4.92. The van der Waals surface area contributed by atoms with Gasteiger partial charge in [-0.3, -0.25) is 9.48 Å². The first-order valence-corrected chi connectivity index (χ1v) is 14.1. The minimum Gasteiger partial charge on any atom is -0.475 e. The first kappa shape index (κ1) is 36.7. The molecule has 6 rings (SSSR count). The lowest BCUT2D eigenvalue weighted by Crippen LogP contribution is -2.44. The molecule has 1 atom stereocenters. The van der Waals surface area contributed by atoms with Crippen LogP contribution < -0.4 is 5.32 Å². The summed E-state index contributed by atoms with van der Waals surface area (Å²) in [6, 6.07) is 6.75. The molecule has 4 aromatic rings. The Kier molecular flexibility index (Phi) is 10.3. The molecule has 12 nitrogen and oxygen atoms in total. The Balaban J connectivity index is 0.000000327. The quantitative estimate of drug-likeness (QED) is 0.251. The van der Waals surface area contributed by atoms with Crippen LogP contribution >= 0.6 is 0 Å². The average Bonchev–Trinajstić information content (AvgIpc) is 3.57. The molecule has 0 aliphatic carbocycles. The van der Waals surface area contributed by atoms with Crippen molar-refractivity contribution < 1.29 is 59.7 Å². The van der Waals surface area contributed by atoms with Gasteiger partial charge in [-0.2, -0.15) is 31.4 Å². The molecule has 0 radical (unpaired) electrons. The van der Waals surface area contributed by atoms with Crippen LogP contribution in [0.5, 0.6) is 0 Å². The highest BCUT2D eigenvalue weighted by Crippen LogP contribution is 2.40. The number of likely N-dealkylation sites (N-methyl/N-ethyl adjacent to an activating group) is 1. The van der Waals surface area contributed by atoms with Crippen LogP contribution in [0.1, 0.15) is 42.4 Å². The van der Waals surface area contributed by atoms with E-state index in [0.717, 1.165) is 35.9 Å². The van der Waals surface area contributed by atoms with Gasteiger partial charge in [0.1, 0.15) is 11.9 Å². The van der Waals surface area contributed by atoms with Gasteiger partial charge in [0.2, 0.25) is 5.91 Å². The number of carbonyl (C=O) groups excluding carboxylic acids is 1. The largest absolute Gasteiger partial charge is 0.490 e. The van der Waals surface area contributed by atoms with Crippen molar-refractivity contribution in [3.63, 3.8) is 0 Å². The summed E-state index contributed by atoms with van der Waals surface area (Å²) >= 11 is 0. The second-order valence-electron chi connectivity index (χ2n) is 11.0. The first-order valence-electron chi connectivity index (χ1n) is 14.1. The van der Waals surface area contributed by atoms with Crippen LogP contribution in [0.3, 0.4) is 0 Å². The van der Waals surface area contributed by atoms with Crippen LogP contribution in [0, 0.1) is 0 Å². The summed E-state index contributed by atoms with van der Waals surface area (Å²) < 4.78 is 95.5. The number of amides is 1. The first-order chi connectivity index (χ1) is 22.7. The molecule has 3 aromatic heterocycles. The molecule has 0 saturated carbocycles. The van der Waals surface area contributed by atoms with E-state index in [1.807, 2.05) is 29.7 Å². The number of aromatic nitrogens is 5. The zero-order valence-corrected chi connectivity index (χ0v) is 25.6. The van der Waals surface area contributed by atoms with Crippen LogP contribution in [0.4, 0.5) is 35.1 Å². The van der Waals surface area contributed by atoms with Crippen molar-refractivity contribution >= 4 is 28.7 Å². The number of pyridine rings is 1. The normalized spacial score (nSPS) is 16.4. The lowest BCUT2D eigenvalue weighted by atomic mass is 9.99. The Labute approximate surface area is 271 Å². The summed E-state index contributed by atoms with van der Waals surface area (Å²) in [6.45, 7) is 3.90. The number of hydrogen-bond acceptors (Lipinski definition) is 7. The van der Waals surface area contributed by atoms with E-state index in [2.05, 4.69) is 15.4 Å². The molecule has 0 spiro atoms. The minimum atomic E-state index is -5.08. The summed E-state index contributed by atoms with van der Waals surface area (Å²) in [4.78, 5) is 41.9. The van der Waals surface area contributed by atoms with Crippen LogP contribution in [0.15, 0.2) is 36.7 Å². The summed E-state index contributed by atoms with van der Waals surface area (Å²) in [5.74, 6) is -4.40. The van der Waals surface area contributed by atoms with E-state index < -0.39 is 30.7 Å². The van der Waals surface area contributed by atoms with Gasteiger partial charge in [-0.15, -0.1) is 0 Å². The van der Waals surface area contributed by atoms with Crippen LogP contribution in [0.25, 0.3) is 33.4 Å². The fourth-order valence-electron chi connectivity index (χ4n) is 5.13. The fraction of sp³-hybridized carbons (Fsp3) is 0.379. The zero-order valence-electron chi connectivity index (χ0n) is 25.6. The molecule has 20 heteroatoms. The van der Waals surface area contributed by atoms with E-state index in [1.165, 1.54) is 6.07 Å². The van der Waals surface area contributed by atoms with Crippen molar-refractivity contribution in [3.8, 4) is 22.5 Å². The van der Waals surface area contributed by atoms with Gasteiger partial charge >= 0.3 is 24.3 Å². The third-order valence-corrected chi connectivity index (χ3v) is 7.53. The SMILES string of the molecule is CC1C(=O)N(C)Cc2c(-c3cccc4nc(-c5cnn(C)c5)c(C(F)F)cc34)nc(C3CNC3)n21.O=C(O)C(F)(F)F.O=C(O)C(F)(F)F. The molecule has 5 heterocycles. The average molecular weight is 706 g/mol. The number of fused-ring (bicyclic) bond motifs is 2. The Morgan fingerprint density at radius 2 is 1.57 bits per heavy atom. The number of carboxylic acids is 2. The molecular formula is C29H27F8N7O5. The Morgan fingerprint density at radius 1 is 0.980 bits per heavy atom. The molecule has 0 bridgehead atoms. The van der Waals surface area contributed by atoms with Crippen LogP contribution in [0.2, 0.25) is 0 Å². The fourth-order valence-corrected chi connectivity index (χ4v) is 5.13. The topological polar surface area (TPSA) is 155 Å². The highest BCUT2D eigenvalue weighted by molar-refractivity contribution is 5.96. The van der Waals surface area contributed by atoms with E-state index in [4.69, 9.17) is 24.8 Å². The van der Waals surface area contributed by atoms with E-state index in [9.17, 15) is 39.9 Å². The maximum absolute atomic E-state index is 14.2. The molecule has 1 saturated heterocycles. The van der Waals surface area contributed by atoms with Crippen LogP contribution in [-0.4, -0.2) is 89.8 Å². The molecule has 1 unspecified atom stereocenters. The summed E-state index contributed by atoms with van der Waals surface area (Å²) in [7, 11) is 3.52. The monoisotopic (exact) mass is 705 g/mol. The number of carbonyl (C=O) groups is 3. The van der Waals surface area contributed by atoms with Gasteiger partial charge in [0, 0.05) is 61.4 Å². The Hall–Kier alpha value is -5.14. The lowest BCUT2D eigenvalue weighted by molar-refractivity contribution is -0.193. The number of imidazole rings is 1. The smallest absolute Gasteiger partial charge is 0.475 e. The molecule has 2 aliphatic heterocycles. The number of alkyl halides is 8. The number of halogens is 8. The number of carboxylic acid groups (broad SMARTS) is 2. The number of nitrogens with one attached hydrogen (secondary N) is 1.